The Kier molecular flexibility index (Phi) is 4.40. The predicted octanol–water partition coefficient (Wildman–Crippen LogP) is 4.24. The number of halogens is 2. The summed E-state index contributed by atoms with van der Waals surface area (Å²) in [7, 11) is 0. The lowest BCUT2D eigenvalue weighted by molar-refractivity contribution is 0.207. The minimum Gasteiger partial charge on any atom is -0.398 e. The van der Waals surface area contributed by atoms with E-state index in [0.29, 0.717) is 5.92 Å². The summed E-state index contributed by atoms with van der Waals surface area (Å²) in [6.45, 7) is 2.18. The van der Waals surface area contributed by atoms with E-state index in [-0.39, 0.29) is 5.54 Å². The Hall–Kier alpha value is -0.0600. The van der Waals surface area contributed by atoms with Crippen LogP contribution in [0.5, 0.6) is 0 Å². The zero-order valence-electron chi connectivity index (χ0n) is 10.7. The second-order valence-corrected chi connectivity index (χ2v) is 7.38. The molecule has 4 heteroatoms. The molecule has 0 heterocycles. The highest BCUT2D eigenvalue weighted by Gasteiger charge is 2.33. The first-order valence-corrected chi connectivity index (χ1v) is 8.01. The van der Waals surface area contributed by atoms with Gasteiger partial charge >= 0.3 is 0 Å². The Labute approximate surface area is 126 Å². The van der Waals surface area contributed by atoms with E-state index in [1.807, 2.05) is 6.07 Å². The smallest absolute Gasteiger partial charge is 0.0491 e. The van der Waals surface area contributed by atoms with Gasteiger partial charge in [-0.15, -0.1) is 0 Å². The SMILES string of the molecule is CC1(N)CCCCC1Cc1cc(Br)cc(Br)c1N. The van der Waals surface area contributed by atoms with E-state index in [1.54, 1.807) is 0 Å². The molecule has 0 bridgehead atoms. The first-order chi connectivity index (χ1) is 8.40. The molecule has 18 heavy (non-hydrogen) atoms. The van der Waals surface area contributed by atoms with Gasteiger partial charge in [0.15, 0.2) is 0 Å². The maximum Gasteiger partial charge on any atom is 0.0491 e. The van der Waals surface area contributed by atoms with E-state index in [2.05, 4.69) is 44.8 Å². The Morgan fingerprint density at radius 2 is 2.06 bits per heavy atom. The second-order valence-electron chi connectivity index (χ2n) is 5.61. The second kappa shape index (κ2) is 5.51. The fraction of sp³-hybridized carbons (Fsp3) is 0.571. The van der Waals surface area contributed by atoms with Gasteiger partial charge in [0, 0.05) is 20.2 Å². The van der Waals surface area contributed by atoms with E-state index in [9.17, 15) is 0 Å². The van der Waals surface area contributed by atoms with Gasteiger partial charge in [-0.25, -0.2) is 0 Å². The summed E-state index contributed by atoms with van der Waals surface area (Å²) in [5.41, 5.74) is 14.6. The van der Waals surface area contributed by atoms with Crippen LogP contribution >= 0.6 is 31.9 Å². The van der Waals surface area contributed by atoms with Crippen molar-refractivity contribution in [3.8, 4) is 0 Å². The maximum atomic E-state index is 6.43. The first-order valence-electron chi connectivity index (χ1n) is 6.42. The molecule has 1 aromatic rings. The third-order valence-electron chi connectivity index (χ3n) is 4.10. The van der Waals surface area contributed by atoms with Crippen LogP contribution in [0.25, 0.3) is 0 Å². The Morgan fingerprint density at radius 1 is 1.33 bits per heavy atom. The highest BCUT2D eigenvalue weighted by Crippen LogP contribution is 2.37. The van der Waals surface area contributed by atoms with Crippen molar-refractivity contribution in [1.82, 2.24) is 0 Å². The van der Waals surface area contributed by atoms with Crippen molar-refractivity contribution >= 4 is 37.5 Å². The number of nitrogens with two attached hydrogens (primary N) is 2. The van der Waals surface area contributed by atoms with Crippen molar-refractivity contribution in [2.24, 2.45) is 11.7 Å². The van der Waals surface area contributed by atoms with Gasteiger partial charge in [-0.3, -0.25) is 0 Å². The van der Waals surface area contributed by atoms with Gasteiger partial charge in [-0.05, 0) is 65.7 Å². The van der Waals surface area contributed by atoms with Crippen molar-refractivity contribution < 1.29 is 0 Å². The number of rotatable bonds is 2. The molecular formula is C14H20Br2N2. The van der Waals surface area contributed by atoms with Crippen LogP contribution in [0.4, 0.5) is 5.69 Å². The quantitative estimate of drug-likeness (QED) is 0.759. The van der Waals surface area contributed by atoms with Gasteiger partial charge < -0.3 is 11.5 Å². The number of nitrogen functional groups attached to an aromatic ring is 1. The summed E-state index contributed by atoms with van der Waals surface area (Å²) in [5.74, 6) is 0.523. The van der Waals surface area contributed by atoms with Crippen LogP contribution in [0.1, 0.15) is 38.2 Å². The fourth-order valence-electron chi connectivity index (χ4n) is 2.84. The molecule has 1 aromatic carbocycles. The van der Waals surface area contributed by atoms with Gasteiger partial charge in [0.1, 0.15) is 0 Å². The van der Waals surface area contributed by atoms with Crippen LogP contribution in [0.15, 0.2) is 21.1 Å². The Bertz CT molecular complexity index is 444. The van der Waals surface area contributed by atoms with Crippen LogP contribution in [-0.4, -0.2) is 5.54 Å². The normalized spacial score (nSPS) is 28.3. The number of hydrogen-bond acceptors (Lipinski definition) is 2. The van der Waals surface area contributed by atoms with Crippen LogP contribution in [0.3, 0.4) is 0 Å². The van der Waals surface area contributed by atoms with E-state index in [1.165, 1.54) is 24.8 Å². The predicted molar refractivity (Wildman–Crippen MR) is 84.5 cm³/mol. The summed E-state index contributed by atoms with van der Waals surface area (Å²) in [4.78, 5) is 0. The van der Waals surface area contributed by atoms with Crippen molar-refractivity contribution in [1.29, 1.82) is 0 Å². The zero-order valence-corrected chi connectivity index (χ0v) is 13.9. The Morgan fingerprint density at radius 3 is 2.72 bits per heavy atom. The number of hydrogen-bond donors (Lipinski definition) is 2. The minimum absolute atomic E-state index is 0.0561. The molecule has 1 aliphatic rings. The molecule has 2 unspecified atom stereocenters. The van der Waals surface area contributed by atoms with Crippen LogP contribution in [0.2, 0.25) is 0 Å². The fourth-order valence-corrected chi connectivity index (χ4v) is 4.15. The van der Waals surface area contributed by atoms with Crippen LogP contribution in [-0.2, 0) is 6.42 Å². The summed E-state index contributed by atoms with van der Waals surface area (Å²) in [5, 5.41) is 0. The molecule has 2 nitrogen and oxygen atoms in total. The highest BCUT2D eigenvalue weighted by atomic mass is 79.9. The molecule has 0 radical (unpaired) electrons. The molecule has 0 spiro atoms. The first kappa shape index (κ1) is 14.4. The van der Waals surface area contributed by atoms with E-state index < -0.39 is 0 Å². The summed E-state index contributed by atoms with van der Waals surface area (Å²) in [6.07, 6.45) is 5.83. The summed E-state index contributed by atoms with van der Waals surface area (Å²) in [6, 6.07) is 4.10. The van der Waals surface area contributed by atoms with E-state index in [0.717, 1.165) is 27.5 Å². The lowest BCUT2D eigenvalue weighted by Gasteiger charge is -2.38. The standard InChI is InChI=1S/C14H20Br2N2/c1-14(18)5-3-2-4-10(14)6-9-7-11(15)8-12(16)13(9)17/h7-8,10H,2-6,17-18H2,1H3. The van der Waals surface area contributed by atoms with E-state index >= 15 is 0 Å². The lowest BCUT2D eigenvalue weighted by Crippen LogP contribution is -2.47. The molecule has 0 aromatic heterocycles. The average Bonchev–Trinajstić information content (AvgIpc) is 2.27. The van der Waals surface area contributed by atoms with Gasteiger partial charge in [0.25, 0.3) is 0 Å². The van der Waals surface area contributed by atoms with Crippen molar-refractivity contribution in [3.05, 3.63) is 26.6 Å². The lowest BCUT2D eigenvalue weighted by atomic mass is 9.72. The molecule has 0 saturated heterocycles. The van der Waals surface area contributed by atoms with Gasteiger partial charge in [-0.1, -0.05) is 28.8 Å². The molecule has 1 saturated carbocycles. The van der Waals surface area contributed by atoms with Gasteiger partial charge in [0.2, 0.25) is 0 Å². The summed E-state index contributed by atoms with van der Waals surface area (Å²) >= 11 is 7.03. The molecule has 1 fully saturated rings. The Balaban J connectivity index is 2.23. The van der Waals surface area contributed by atoms with Crippen molar-refractivity contribution in [2.75, 3.05) is 5.73 Å². The molecule has 2 rings (SSSR count). The number of anilines is 1. The number of benzene rings is 1. The van der Waals surface area contributed by atoms with Gasteiger partial charge in [0.05, 0.1) is 0 Å². The van der Waals surface area contributed by atoms with Crippen molar-refractivity contribution in [3.63, 3.8) is 0 Å². The summed E-state index contributed by atoms with van der Waals surface area (Å²) < 4.78 is 2.02. The van der Waals surface area contributed by atoms with Crippen LogP contribution < -0.4 is 11.5 Å². The van der Waals surface area contributed by atoms with Gasteiger partial charge in [-0.2, -0.15) is 0 Å². The average molecular weight is 376 g/mol. The zero-order chi connectivity index (χ0) is 13.3. The third kappa shape index (κ3) is 3.09. The largest absolute Gasteiger partial charge is 0.398 e. The minimum atomic E-state index is -0.0561. The topological polar surface area (TPSA) is 52.0 Å². The third-order valence-corrected chi connectivity index (χ3v) is 5.21. The maximum absolute atomic E-state index is 6.43. The molecule has 1 aliphatic carbocycles. The molecule has 100 valence electrons. The monoisotopic (exact) mass is 374 g/mol. The van der Waals surface area contributed by atoms with Crippen molar-refractivity contribution in [2.45, 2.75) is 44.6 Å². The molecule has 0 aliphatic heterocycles. The molecular weight excluding hydrogens is 356 g/mol. The highest BCUT2D eigenvalue weighted by molar-refractivity contribution is 9.11. The molecule has 4 N–H and O–H groups in total. The molecule has 0 amide bonds. The van der Waals surface area contributed by atoms with Crippen LogP contribution in [0, 0.1) is 5.92 Å². The molecule has 2 atom stereocenters. The van der Waals surface area contributed by atoms with E-state index in [4.69, 9.17) is 11.5 Å².